The molecular weight excluding hydrogens is 420 g/mol. The van der Waals surface area contributed by atoms with Gasteiger partial charge in [0.15, 0.2) is 5.82 Å². The van der Waals surface area contributed by atoms with Gasteiger partial charge in [0, 0.05) is 24.0 Å². The third kappa shape index (κ3) is 5.62. The van der Waals surface area contributed by atoms with E-state index in [9.17, 15) is 4.79 Å². The van der Waals surface area contributed by atoms with Crippen molar-refractivity contribution in [3.8, 4) is 28.5 Å². The van der Waals surface area contributed by atoms with Crippen LogP contribution in [-0.4, -0.2) is 38.3 Å². The van der Waals surface area contributed by atoms with E-state index in [1.807, 2.05) is 36.4 Å². The summed E-state index contributed by atoms with van der Waals surface area (Å²) < 4.78 is 10.5. The Morgan fingerprint density at radius 1 is 1.03 bits per heavy atom. The first kappa shape index (κ1) is 22.2. The van der Waals surface area contributed by atoms with Gasteiger partial charge in [0.25, 0.3) is 0 Å². The number of methoxy groups -OCH3 is 1. The highest BCUT2D eigenvalue weighted by Gasteiger charge is 2.12. The van der Waals surface area contributed by atoms with E-state index in [1.54, 1.807) is 7.11 Å². The quantitative estimate of drug-likeness (QED) is 0.400. The Morgan fingerprint density at radius 3 is 2.42 bits per heavy atom. The lowest BCUT2D eigenvalue weighted by Gasteiger charge is -2.04. The Morgan fingerprint density at radius 2 is 1.73 bits per heavy atom. The second-order valence-electron chi connectivity index (χ2n) is 7.90. The van der Waals surface area contributed by atoms with Crippen molar-refractivity contribution in [1.82, 2.24) is 30.6 Å². The molecule has 0 fully saturated rings. The Balaban J connectivity index is 1.26. The molecule has 0 saturated heterocycles. The first-order chi connectivity index (χ1) is 16.0. The number of nitrogens with zero attached hydrogens (tertiary/aromatic N) is 4. The zero-order valence-corrected chi connectivity index (χ0v) is 18.8. The van der Waals surface area contributed by atoms with Gasteiger partial charge in [-0.25, -0.2) is 4.98 Å². The summed E-state index contributed by atoms with van der Waals surface area (Å²) in [7, 11) is 1.62. The number of H-pyrrole nitrogens is 1. The van der Waals surface area contributed by atoms with Crippen LogP contribution in [0.4, 0.5) is 0 Å². The fourth-order valence-electron chi connectivity index (χ4n) is 3.23. The summed E-state index contributed by atoms with van der Waals surface area (Å²) in [4.78, 5) is 21.1. The van der Waals surface area contributed by atoms with Gasteiger partial charge in [0.2, 0.25) is 17.6 Å². The first-order valence-electron chi connectivity index (χ1n) is 10.8. The highest BCUT2D eigenvalue weighted by Crippen LogP contribution is 2.21. The van der Waals surface area contributed by atoms with Crippen LogP contribution in [0.5, 0.6) is 5.75 Å². The van der Waals surface area contributed by atoms with E-state index in [4.69, 9.17) is 9.26 Å². The standard InChI is InChI=1S/C24H26N6O3/c1-15(2)16-4-6-18(7-5-16)24-27-22(33-30-24)13-12-21(31)25-14-20-26-23(29-28-20)17-8-10-19(32-3)11-9-17/h4-11,15H,12-14H2,1-3H3,(H,25,31)(H,26,28,29). The van der Waals surface area contributed by atoms with Crippen LogP contribution in [0.25, 0.3) is 22.8 Å². The van der Waals surface area contributed by atoms with Crippen molar-refractivity contribution < 1.29 is 14.1 Å². The highest BCUT2D eigenvalue weighted by molar-refractivity contribution is 5.76. The third-order valence-electron chi connectivity index (χ3n) is 5.20. The molecule has 33 heavy (non-hydrogen) atoms. The van der Waals surface area contributed by atoms with Gasteiger partial charge in [-0.05, 0) is 35.7 Å². The molecule has 2 aromatic heterocycles. The molecule has 9 nitrogen and oxygen atoms in total. The zero-order chi connectivity index (χ0) is 23.2. The molecule has 0 saturated carbocycles. The van der Waals surface area contributed by atoms with Crippen LogP contribution in [0.1, 0.15) is 43.5 Å². The van der Waals surface area contributed by atoms with Gasteiger partial charge >= 0.3 is 0 Å². The number of carbonyl (C=O) groups is 1. The Labute approximate surface area is 191 Å². The highest BCUT2D eigenvalue weighted by atomic mass is 16.5. The predicted octanol–water partition coefficient (Wildman–Crippen LogP) is 3.90. The number of benzene rings is 2. The molecule has 4 rings (SSSR count). The molecular formula is C24H26N6O3. The fraction of sp³-hybridized carbons (Fsp3) is 0.292. The summed E-state index contributed by atoms with van der Waals surface area (Å²) in [6, 6.07) is 15.5. The SMILES string of the molecule is COc1ccc(-c2n[nH]c(CNC(=O)CCc3nc(-c4ccc(C(C)C)cc4)no3)n2)cc1. The lowest BCUT2D eigenvalue weighted by atomic mass is 10.0. The summed E-state index contributed by atoms with van der Waals surface area (Å²) in [5.74, 6) is 3.16. The van der Waals surface area contributed by atoms with E-state index in [0.29, 0.717) is 35.7 Å². The maximum atomic E-state index is 12.2. The molecule has 170 valence electrons. The smallest absolute Gasteiger partial charge is 0.227 e. The maximum absolute atomic E-state index is 12.2. The summed E-state index contributed by atoms with van der Waals surface area (Å²) in [6.45, 7) is 4.54. The molecule has 4 aromatic rings. The topological polar surface area (TPSA) is 119 Å². The monoisotopic (exact) mass is 446 g/mol. The van der Waals surface area contributed by atoms with Crippen LogP contribution >= 0.6 is 0 Å². The van der Waals surface area contributed by atoms with Gasteiger partial charge in [-0.15, -0.1) is 0 Å². The molecule has 0 radical (unpaired) electrons. The minimum Gasteiger partial charge on any atom is -0.497 e. The summed E-state index contributed by atoms with van der Waals surface area (Å²) in [6.07, 6.45) is 0.587. The number of carbonyl (C=O) groups excluding carboxylic acids is 1. The average molecular weight is 447 g/mol. The molecule has 0 aliphatic heterocycles. The molecule has 2 aromatic carbocycles. The van der Waals surface area contributed by atoms with Crippen LogP contribution in [0, 0.1) is 0 Å². The lowest BCUT2D eigenvalue weighted by Crippen LogP contribution is -2.23. The van der Waals surface area contributed by atoms with Gasteiger partial charge in [-0.1, -0.05) is 43.3 Å². The van der Waals surface area contributed by atoms with Gasteiger partial charge in [-0.3, -0.25) is 9.89 Å². The number of amides is 1. The second-order valence-corrected chi connectivity index (χ2v) is 7.90. The minimum atomic E-state index is -0.140. The molecule has 1 amide bonds. The summed E-state index contributed by atoms with van der Waals surface area (Å²) in [5.41, 5.74) is 2.99. The number of aromatic nitrogens is 5. The maximum Gasteiger partial charge on any atom is 0.227 e. The molecule has 0 aliphatic carbocycles. The van der Waals surface area contributed by atoms with E-state index in [2.05, 4.69) is 56.6 Å². The predicted molar refractivity (Wildman–Crippen MR) is 122 cm³/mol. The van der Waals surface area contributed by atoms with Crippen LogP contribution in [-0.2, 0) is 17.8 Å². The van der Waals surface area contributed by atoms with Crippen molar-refractivity contribution in [2.75, 3.05) is 7.11 Å². The van der Waals surface area contributed by atoms with E-state index < -0.39 is 0 Å². The number of aryl methyl sites for hydroxylation is 1. The van der Waals surface area contributed by atoms with E-state index in [-0.39, 0.29) is 18.9 Å². The van der Waals surface area contributed by atoms with Crippen molar-refractivity contribution in [3.63, 3.8) is 0 Å². The molecule has 0 unspecified atom stereocenters. The zero-order valence-electron chi connectivity index (χ0n) is 18.8. The summed E-state index contributed by atoms with van der Waals surface area (Å²) in [5, 5.41) is 13.9. The first-order valence-corrected chi connectivity index (χ1v) is 10.8. The van der Waals surface area contributed by atoms with Gasteiger partial charge in [0.1, 0.15) is 11.6 Å². The van der Waals surface area contributed by atoms with Gasteiger partial charge in [0.05, 0.1) is 13.7 Å². The van der Waals surface area contributed by atoms with Crippen molar-refractivity contribution >= 4 is 5.91 Å². The van der Waals surface area contributed by atoms with Crippen molar-refractivity contribution in [3.05, 3.63) is 65.8 Å². The van der Waals surface area contributed by atoms with Crippen molar-refractivity contribution in [2.24, 2.45) is 0 Å². The molecule has 0 atom stereocenters. The van der Waals surface area contributed by atoms with Crippen LogP contribution in [0.2, 0.25) is 0 Å². The normalized spacial score (nSPS) is 11.0. The molecule has 0 aliphatic rings. The van der Waals surface area contributed by atoms with E-state index >= 15 is 0 Å². The van der Waals surface area contributed by atoms with Gasteiger partial charge in [-0.2, -0.15) is 10.1 Å². The molecule has 0 bridgehead atoms. The number of aromatic amines is 1. The largest absolute Gasteiger partial charge is 0.497 e. The molecule has 9 heteroatoms. The number of hydrogen-bond donors (Lipinski definition) is 2. The van der Waals surface area contributed by atoms with Gasteiger partial charge < -0.3 is 14.6 Å². The second kappa shape index (κ2) is 10.1. The Kier molecular flexibility index (Phi) is 6.77. The molecule has 2 heterocycles. The van der Waals surface area contributed by atoms with E-state index in [1.165, 1.54) is 5.56 Å². The number of hydrogen-bond acceptors (Lipinski definition) is 7. The van der Waals surface area contributed by atoms with E-state index in [0.717, 1.165) is 16.9 Å². The van der Waals surface area contributed by atoms with Crippen LogP contribution in [0.3, 0.4) is 0 Å². The Bertz CT molecular complexity index is 1200. The third-order valence-corrected chi connectivity index (χ3v) is 5.20. The Hall–Kier alpha value is -4.01. The molecule has 0 spiro atoms. The summed E-state index contributed by atoms with van der Waals surface area (Å²) >= 11 is 0. The molecule has 2 N–H and O–H groups in total. The average Bonchev–Trinajstić information content (AvgIpc) is 3.51. The minimum absolute atomic E-state index is 0.140. The van der Waals surface area contributed by atoms with Crippen molar-refractivity contribution in [1.29, 1.82) is 0 Å². The fourth-order valence-corrected chi connectivity index (χ4v) is 3.23. The van der Waals surface area contributed by atoms with Crippen molar-refractivity contribution in [2.45, 2.75) is 39.2 Å². The number of ether oxygens (including phenoxy) is 1. The lowest BCUT2D eigenvalue weighted by molar-refractivity contribution is -0.121. The number of nitrogens with one attached hydrogen (secondary N) is 2. The van der Waals surface area contributed by atoms with Crippen LogP contribution < -0.4 is 10.1 Å². The number of rotatable bonds is 9. The van der Waals surface area contributed by atoms with Crippen LogP contribution in [0.15, 0.2) is 53.1 Å².